The number of amides is 1. The Hall–Kier alpha value is -2.83. The highest BCUT2D eigenvalue weighted by molar-refractivity contribution is 5.82. The van der Waals surface area contributed by atoms with Gasteiger partial charge in [0.2, 0.25) is 6.10 Å². The summed E-state index contributed by atoms with van der Waals surface area (Å²) in [5.74, 6) is 1.25. The molecule has 2 aliphatic rings. The van der Waals surface area contributed by atoms with Crippen molar-refractivity contribution in [2.75, 3.05) is 13.1 Å². The van der Waals surface area contributed by atoms with Crippen LogP contribution in [0, 0.1) is 0 Å². The highest BCUT2D eigenvalue weighted by atomic mass is 16.6. The van der Waals surface area contributed by atoms with Crippen LogP contribution in [0.5, 0.6) is 17.5 Å². The number of carbonyl (C=O) groups excluding carboxylic acids is 1. The van der Waals surface area contributed by atoms with Crippen molar-refractivity contribution in [3.8, 4) is 17.5 Å². The molecule has 0 N–H and O–H groups in total. The zero-order valence-electron chi connectivity index (χ0n) is 14.6. The molecule has 26 heavy (non-hydrogen) atoms. The van der Waals surface area contributed by atoms with Crippen molar-refractivity contribution in [3.63, 3.8) is 0 Å². The van der Waals surface area contributed by atoms with E-state index in [-0.39, 0.29) is 18.1 Å². The fraction of sp³-hybridized carbons (Fsp3) is 0.421. The molecular formula is C19H21N3O4. The highest BCUT2D eigenvalue weighted by Gasteiger charge is 2.38. The second kappa shape index (κ2) is 7.19. The second-order valence-corrected chi connectivity index (χ2v) is 6.48. The number of hydrogen-bond acceptors (Lipinski definition) is 6. The number of aromatic nitrogens is 2. The number of fused-ring (bicyclic) bond motifs is 1. The molecule has 2 aliphatic heterocycles. The average Bonchev–Trinajstić information content (AvgIpc) is 2.68. The first kappa shape index (κ1) is 16.6. The van der Waals surface area contributed by atoms with Crippen LogP contribution in [0.25, 0.3) is 0 Å². The van der Waals surface area contributed by atoms with Crippen molar-refractivity contribution in [3.05, 3.63) is 42.7 Å². The standard InChI is InChI=1S/C19H21N3O4/c1-13-17(26-16-6-3-2-5-15(16)24-13)18(23)22-11-7-14(8-12-22)25-19-20-9-4-10-21-19/h2-6,9-10,13-14,17H,7-8,11-12H2,1H3/t13-,17+/m1/s1. The van der Waals surface area contributed by atoms with Crippen molar-refractivity contribution in [2.24, 2.45) is 0 Å². The summed E-state index contributed by atoms with van der Waals surface area (Å²) in [4.78, 5) is 22.9. The van der Waals surface area contributed by atoms with Crippen molar-refractivity contribution < 1.29 is 19.0 Å². The SMILES string of the molecule is C[C@H]1Oc2ccccc2O[C@@H]1C(=O)N1CCC(Oc2ncccn2)CC1. The lowest BCUT2D eigenvalue weighted by atomic mass is 10.1. The molecule has 1 saturated heterocycles. The number of rotatable bonds is 3. The van der Waals surface area contributed by atoms with Crippen LogP contribution in [0.4, 0.5) is 0 Å². The molecule has 1 fully saturated rings. The van der Waals surface area contributed by atoms with Crippen LogP contribution < -0.4 is 14.2 Å². The summed E-state index contributed by atoms with van der Waals surface area (Å²) in [5.41, 5.74) is 0. The first-order chi connectivity index (χ1) is 12.7. The molecule has 7 heteroatoms. The van der Waals surface area contributed by atoms with Crippen LogP contribution in [0.2, 0.25) is 0 Å². The summed E-state index contributed by atoms with van der Waals surface area (Å²) in [6.07, 6.45) is 3.85. The van der Waals surface area contributed by atoms with E-state index in [0.717, 1.165) is 12.8 Å². The minimum absolute atomic E-state index is 0.0168. The monoisotopic (exact) mass is 355 g/mol. The van der Waals surface area contributed by atoms with Crippen LogP contribution in [0.3, 0.4) is 0 Å². The molecule has 1 aromatic heterocycles. The number of ether oxygens (including phenoxy) is 3. The minimum Gasteiger partial charge on any atom is -0.482 e. The van der Waals surface area contributed by atoms with Gasteiger partial charge in [-0.1, -0.05) is 12.1 Å². The Morgan fingerprint density at radius 3 is 2.42 bits per heavy atom. The Morgan fingerprint density at radius 2 is 1.73 bits per heavy atom. The van der Waals surface area contributed by atoms with Gasteiger partial charge in [0.05, 0.1) is 0 Å². The Balaban J connectivity index is 1.35. The van der Waals surface area contributed by atoms with Gasteiger partial charge in [0.15, 0.2) is 11.5 Å². The molecule has 3 heterocycles. The number of benzene rings is 1. The molecule has 0 saturated carbocycles. The molecule has 1 aromatic carbocycles. The predicted octanol–water partition coefficient (Wildman–Crippen LogP) is 2.07. The molecule has 0 spiro atoms. The quantitative estimate of drug-likeness (QED) is 0.839. The minimum atomic E-state index is -0.625. The van der Waals surface area contributed by atoms with Crippen LogP contribution >= 0.6 is 0 Å². The zero-order chi connectivity index (χ0) is 17.9. The lowest BCUT2D eigenvalue weighted by Gasteiger charge is -2.37. The number of nitrogens with zero attached hydrogens (tertiary/aromatic N) is 3. The molecule has 2 aromatic rings. The van der Waals surface area contributed by atoms with Gasteiger partial charge < -0.3 is 19.1 Å². The molecule has 4 rings (SSSR count). The highest BCUT2D eigenvalue weighted by Crippen LogP contribution is 2.34. The van der Waals surface area contributed by atoms with Crippen LogP contribution in [0.15, 0.2) is 42.7 Å². The zero-order valence-corrected chi connectivity index (χ0v) is 14.6. The van der Waals surface area contributed by atoms with Gasteiger partial charge in [-0.05, 0) is 25.1 Å². The molecular weight excluding hydrogens is 334 g/mol. The van der Waals surface area contributed by atoms with Gasteiger partial charge in [0.1, 0.15) is 12.2 Å². The van der Waals surface area contributed by atoms with Crippen molar-refractivity contribution >= 4 is 5.91 Å². The maximum absolute atomic E-state index is 12.9. The Kier molecular flexibility index (Phi) is 4.60. The summed E-state index contributed by atoms with van der Waals surface area (Å²) in [6, 6.07) is 9.56. The summed E-state index contributed by atoms with van der Waals surface area (Å²) in [6.45, 7) is 3.09. The maximum Gasteiger partial charge on any atom is 0.316 e. The van der Waals surface area contributed by atoms with E-state index in [9.17, 15) is 4.79 Å². The molecule has 0 unspecified atom stereocenters. The maximum atomic E-state index is 12.9. The molecule has 2 atom stereocenters. The van der Waals surface area contributed by atoms with E-state index >= 15 is 0 Å². The number of piperidine rings is 1. The molecule has 136 valence electrons. The largest absolute Gasteiger partial charge is 0.482 e. The smallest absolute Gasteiger partial charge is 0.316 e. The third kappa shape index (κ3) is 3.42. The lowest BCUT2D eigenvalue weighted by Crippen LogP contribution is -2.53. The number of carbonyl (C=O) groups is 1. The van der Waals surface area contributed by atoms with Gasteiger partial charge in [-0.2, -0.15) is 0 Å². The van der Waals surface area contributed by atoms with E-state index in [1.165, 1.54) is 0 Å². The summed E-state index contributed by atoms with van der Waals surface area (Å²) >= 11 is 0. The first-order valence-electron chi connectivity index (χ1n) is 8.85. The third-order valence-corrected chi connectivity index (χ3v) is 4.65. The fourth-order valence-electron chi connectivity index (χ4n) is 3.26. The second-order valence-electron chi connectivity index (χ2n) is 6.48. The predicted molar refractivity (Wildman–Crippen MR) is 93.2 cm³/mol. The van der Waals surface area contributed by atoms with E-state index < -0.39 is 6.10 Å². The molecule has 0 radical (unpaired) electrons. The van der Waals surface area contributed by atoms with Gasteiger partial charge in [-0.25, -0.2) is 9.97 Å². The van der Waals surface area contributed by atoms with Crippen LogP contribution in [0.1, 0.15) is 19.8 Å². The summed E-state index contributed by atoms with van der Waals surface area (Å²) in [7, 11) is 0. The summed E-state index contributed by atoms with van der Waals surface area (Å²) < 4.78 is 17.5. The number of likely N-dealkylation sites (tertiary alicyclic amines) is 1. The van der Waals surface area contributed by atoms with Gasteiger partial charge in [0, 0.05) is 38.3 Å². The van der Waals surface area contributed by atoms with E-state index in [2.05, 4.69) is 9.97 Å². The van der Waals surface area contributed by atoms with Crippen molar-refractivity contribution in [1.82, 2.24) is 14.9 Å². The van der Waals surface area contributed by atoms with Crippen molar-refractivity contribution in [2.45, 2.75) is 38.1 Å². The van der Waals surface area contributed by atoms with Crippen LogP contribution in [-0.2, 0) is 4.79 Å². The van der Waals surface area contributed by atoms with Gasteiger partial charge in [-0.15, -0.1) is 0 Å². The Bertz CT molecular complexity index is 762. The lowest BCUT2D eigenvalue weighted by molar-refractivity contribution is -0.146. The number of hydrogen-bond donors (Lipinski definition) is 0. The molecule has 1 amide bonds. The fourth-order valence-corrected chi connectivity index (χ4v) is 3.26. The first-order valence-corrected chi connectivity index (χ1v) is 8.85. The van der Waals surface area contributed by atoms with E-state index in [1.54, 1.807) is 18.5 Å². The number of para-hydroxylation sites is 2. The molecule has 7 nitrogen and oxygen atoms in total. The Labute approximate surface area is 151 Å². The van der Waals surface area contributed by atoms with Crippen molar-refractivity contribution in [1.29, 1.82) is 0 Å². The average molecular weight is 355 g/mol. The third-order valence-electron chi connectivity index (χ3n) is 4.65. The summed E-state index contributed by atoms with van der Waals surface area (Å²) in [5, 5.41) is 0. The van der Waals surface area contributed by atoms with E-state index in [1.807, 2.05) is 36.1 Å². The Morgan fingerprint density at radius 1 is 1.08 bits per heavy atom. The van der Waals surface area contributed by atoms with E-state index in [4.69, 9.17) is 14.2 Å². The normalized spacial score (nSPS) is 22.7. The van der Waals surface area contributed by atoms with Gasteiger partial charge in [0.25, 0.3) is 5.91 Å². The molecule has 0 aliphatic carbocycles. The van der Waals surface area contributed by atoms with Crippen LogP contribution in [-0.4, -0.2) is 52.2 Å². The van der Waals surface area contributed by atoms with E-state index in [0.29, 0.717) is 30.6 Å². The topological polar surface area (TPSA) is 73.8 Å². The van der Waals surface area contributed by atoms with Gasteiger partial charge in [-0.3, -0.25) is 4.79 Å². The van der Waals surface area contributed by atoms with Gasteiger partial charge >= 0.3 is 6.01 Å². The molecule has 0 bridgehead atoms.